The average molecular weight is 169 g/mol. The molecule has 1 aromatic carbocycles. The van der Waals surface area contributed by atoms with E-state index in [-0.39, 0.29) is 16.3 Å². The van der Waals surface area contributed by atoms with Gasteiger partial charge in [-0.15, -0.1) is 4.91 Å². The molecule has 1 radical (unpaired) electrons. The number of carbonyl (C=O) groups excluding carboxylic acids is 1. The van der Waals surface area contributed by atoms with Gasteiger partial charge >= 0.3 is 0 Å². The van der Waals surface area contributed by atoms with Gasteiger partial charge in [0.2, 0.25) is 6.29 Å². The highest BCUT2D eigenvalue weighted by Crippen LogP contribution is 2.24. The first kappa shape index (κ1) is 7.88. The standard InChI is InChI=1S/C7H3ClNO2/c8-6-2-1-5(4-10)3-7(6)9-11/h1-3H. The van der Waals surface area contributed by atoms with E-state index in [1.165, 1.54) is 18.2 Å². The van der Waals surface area contributed by atoms with E-state index < -0.39 is 0 Å². The molecule has 0 saturated heterocycles. The van der Waals surface area contributed by atoms with Gasteiger partial charge < -0.3 is 0 Å². The van der Waals surface area contributed by atoms with E-state index in [1.54, 1.807) is 6.29 Å². The molecule has 1 rings (SSSR count). The van der Waals surface area contributed by atoms with Crippen LogP contribution in [0.1, 0.15) is 5.56 Å². The summed E-state index contributed by atoms with van der Waals surface area (Å²) in [7, 11) is 0. The Kier molecular flexibility index (Phi) is 2.33. The van der Waals surface area contributed by atoms with Crippen LogP contribution in [0.15, 0.2) is 23.4 Å². The highest BCUT2D eigenvalue weighted by atomic mass is 35.5. The average Bonchev–Trinajstić information content (AvgIpc) is 2.05. The number of halogens is 1. The molecule has 0 saturated carbocycles. The first-order valence-corrected chi connectivity index (χ1v) is 3.17. The molecule has 0 bridgehead atoms. The third-order valence-electron chi connectivity index (χ3n) is 1.16. The molecular formula is C7H3ClNO2. The Hall–Kier alpha value is -1.22. The van der Waals surface area contributed by atoms with Crippen molar-refractivity contribution in [1.82, 2.24) is 0 Å². The third-order valence-corrected chi connectivity index (χ3v) is 1.48. The first-order chi connectivity index (χ1) is 5.27. The van der Waals surface area contributed by atoms with Crippen LogP contribution in [0, 0.1) is 4.91 Å². The van der Waals surface area contributed by atoms with Crippen LogP contribution in [0.25, 0.3) is 0 Å². The third kappa shape index (κ3) is 1.62. The predicted molar refractivity (Wildman–Crippen MR) is 41.7 cm³/mol. The van der Waals surface area contributed by atoms with Gasteiger partial charge in [0, 0.05) is 5.56 Å². The molecule has 0 aliphatic heterocycles. The zero-order chi connectivity index (χ0) is 8.27. The highest BCUT2D eigenvalue weighted by Gasteiger charge is 2.00. The van der Waals surface area contributed by atoms with Gasteiger partial charge in [-0.1, -0.05) is 11.6 Å². The summed E-state index contributed by atoms with van der Waals surface area (Å²) < 4.78 is 0. The van der Waals surface area contributed by atoms with Crippen molar-refractivity contribution < 1.29 is 4.79 Å². The van der Waals surface area contributed by atoms with Crippen molar-refractivity contribution in [3.63, 3.8) is 0 Å². The van der Waals surface area contributed by atoms with E-state index in [0.717, 1.165) is 0 Å². The van der Waals surface area contributed by atoms with Gasteiger partial charge in [-0.25, -0.2) is 0 Å². The van der Waals surface area contributed by atoms with Crippen LogP contribution >= 0.6 is 11.6 Å². The van der Waals surface area contributed by atoms with Crippen molar-refractivity contribution in [2.24, 2.45) is 5.18 Å². The number of benzene rings is 1. The molecule has 0 aromatic heterocycles. The lowest BCUT2D eigenvalue weighted by molar-refractivity contribution is 0.563. The number of hydrogen-bond donors (Lipinski definition) is 0. The monoisotopic (exact) mass is 168 g/mol. The maximum atomic E-state index is 10.1. The Balaban J connectivity index is 3.22. The van der Waals surface area contributed by atoms with E-state index in [4.69, 9.17) is 11.6 Å². The molecular weight excluding hydrogens is 166 g/mol. The summed E-state index contributed by atoms with van der Waals surface area (Å²) in [5.41, 5.74) is 0.330. The van der Waals surface area contributed by atoms with Crippen LogP contribution in [0.3, 0.4) is 0 Å². The molecule has 4 heteroatoms. The van der Waals surface area contributed by atoms with Crippen LogP contribution in [-0.4, -0.2) is 6.29 Å². The Morgan fingerprint density at radius 1 is 1.45 bits per heavy atom. The molecule has 1 aromatic rings. The summed E-state index contributed by atoms with van der Waals surface area (Å²) in [4.78, 5) is 20.1. The molecule has 0 spiro atoms. The summed E-state index contributed by atoms with van der Waals surface area (Å²) in [6, 6.07) is 4.17. The van der Waals surface area contributed by atoms with Crippen molar-refractivity contribution in [2.75, 3.05) is 0 Å². The maximum Gasteiger partial charge on any atom is 0.233 e. The Bertz CT molecular complexity index is 298. The largest absolute Gasteiger partial charge is 0.285 e. The fourth-order valence-corrected chi connectivity index (χ4v) is 0.798. The van der Waals surface area contributed by atoms with Crippen LogP contribution < -0.4 is 0 Å². The molecule has 11 heavy (non-hydrogen) atoms. The van der Waals surface area contributed by atoms with E-state index in [0.29, 0.717) is 0 Å². The van der Waals surface area contributed by atoms with Gasteiger partial charge in [-0.05, 0) is 23.4 Å². The summed E-state index contributed by atoms with van der Waals surface area (Å²) in [5.74, 6) is 0. The summed E-state index contributed by atoms with van der Waals surface area (Å²) in [6.07, 6.45) is 1.62. The minimum absolute atomic E-state index is 0.0625. The fraction of sp³-hybridized carbons (Fsp3) is 0. The summed E-state index contributed by atoms with van der Waals surface area (Å²) in [5, 5.41) is 2.85. The lowest BCUT2D eigenvalue weighted by Gasteiger charge is -1.92. The second-order valence-corrected chi connectivity index (χ2v) is 2.27. The van der Waals surface area contributed by atoms with Crippen molar-refractivity contribution in [1.29, 1.82) is 0 Å². The molecule has 0 fully saturated rings. The van der Waals surface area contributed by atoms with Gasteiger partial charge in [0.05, 0.1) is 5.02 Å². The summed E-state index contributed by atoms with van der Waals surface area (Å²) in [6.45, 7) is 0. The van der Waals surface area contributed by atoms with Gasteiger partial charge in [0.1, 0.15) is 5.69 Å². The molecule has 0 N–H and O–H groups in total. The number of nitrogens with zero attached hydrogens (tertiary/aromatic N) is 1. The highest BCUT2D eigenvalue weighted by molar-refractivity contribution is 6.33. The van der Waals surface area contributed by atoms with Crippen molar-refractivity contribution in [3.8, 4) is 0 Å². The van der Waals surface area contributed by atoms with Gasteiger partial charge in [-0.3, -0.25) is 4.79 Å². The smallest absolute Gasteiger partial charge is 0.233 e. The Morgan fingerprint density at radius 2 is 2.18 bits per heavy atom. The predicted octanol–water partition coefficient (Wildman–Crippen LogP) is 2.20. The van der Waals surface area contributed by atoms with Crippen molar-refractivity contribution in [2.45, 2.75) is 0 Å². The van der Waals surface area contributed by atoms with Crippen molar-refractivity contribution in [3.05, 3.63) is 33.7 Å². The Morgan fingerprint density at radius 3 is 2.73 bits per heavy atom. The van der Waals surface area contributed by atoms with Crippen LogP contribution in [-0.2, 0) is 4.79 Å². The zero-order valence-corrected chi connectivity index (χ0v) is 6.13. The lowest BCUT2D eigenvalue weighted by Crippen LogP contribution is -1.78. The topological polar surface area (TPSA) is 46.5 Å². The lowest BCUT2D eigenvalue weighted by atomic mass is 10.2. The minimum Gasteiger partial charge on any atom is -0.285 e. The maximum absolute atomic E-state index is 10.1. The number of nitroso groups, excluding NO2 is 1. The van der Waals surface area contributed by atoms with Crippen LogP contribution in [0.5, 0.6) is 0 Å². The second-order valence-electron chi connectivity index (χ2n) is 1.86. The minimum atomic E-state index is 0.0625. The zero-order valence-electron chi connectivity index (χ0n) is 5.37. The Labute approximate surface area is 68.0 Å². The van der Waals surface area contributed by atoms with Gasteiger partial charge in [-0.2, -0.15) is 0 Å². The first-order valence-electron chi connectivity index (χ1n) is 2.79. The van der Waals surface area contributed by atoms with E-state index in [9.17, 15) is 9.70 Å². The van der Waals surface area contributed by atoms with Gasteiger partial charge in [0.25, 0.3) is 0 Å². The summed E-state index contributed by atoms with van der Waals surface area (Å²) >= 11 is 5.53. The number of hydrogen-bond acceptors (Lipinski definition) is 3. The SMILES string of the molecule is O=[C]c1ccc(Cl)c(N=O)c1. The molecule has 0 atom stereocenters. The number of rotatable bonds is 2. The van der Waals surface area contributed by atoms with Crippen molar-refractivity contribution >= 4 is 23.6 Å². The molecule has 3 nitrogen and oxygen atoms in total. The quantitative estimate of drug-likeness (QED) is 0.636. The van der Waals surface area contributed by atoms with E-state index >= 15 is 0 Å². The van der Waals surface area contributed by atoms with Crippen LogP contribution in [0.4, 0.5) is 5.69 Å². The van der Waals surface area contributed by atoms with Gasteiger partial charge in [0.15, 0.2) is 0 Å². The van der Waals surface area contributed by atoms with Crippen LogP contribution in [0.2, 0.25) is 5.02 Å². The second kappa shape index (κ2) is 3.25. The molecule has 0 heterocycles. The molecule has 0 aliphatic carbocycles. The molecule has 0 unspecified atom stereocenters. The molecule has 55 valence electrons. The van der Waals surface area contributed by atoms with E-state index in [1.807, 2.05) is 0 Å². The van der Waals surface area contributed by atoms with E-state index in [2.05, 4.69) is 5.18 Å². The molecule has 0 amide bonds. The normalized spacial score (nSPS) is 9.18. The molecule has 0 aliphatic rings. The fourth-order valence-electron chi connectivity index (χ4n) is 0.646.